The smallest absolute Gasteiger partial charge is 0.244 e. The summed E-state index contributed by atoms with van der Waals surface area (Å²) in [6.07, 6.45) is 1.25. The van der Waals surface area contributed by atoms with E-state index in [1.807, 2.05) is 0 Å². The van der Waals surface area contributed by atoms with Gasteiger partial charge in [-0.15, -0.1) is 0 Å². The van der Waals surface area contributed by atoms with Gasteiger partial charge in [0.1, 0.15) is 24.1 Å². The van der Waals surface area contributed by atoms with Gasteiger partial charge < -0.3 is 19.7 Å². The Hall–Kier alpha value is -2.69. The molecule has 12 heteroatoms. The molecule has 2 rings (SSSR count). The molecule has 0 saturated carbocycles. The van der Waals surface area contributed by atoms with Gasteiger partial charge in [0.05, 0.1) is 26.2 Å². The maximum atomic E-state index is 13.7. The zero-order valence-corrected chi connectivity index (χ0v) is 22.5. The minimum atomic E-state index is -3.95. The second kappa shape index (κ2) is 12.3. The molecule has 1 atom stereocenters. The quantitative estimate of drug-likeness (QED) is 0.464. The number of nitrogens with one attached hydrogen (secondary N) is 1. The Morgan fingerprint density at radius 2 is 1.71 bits per heavy atom. The van der Waals surface area contributed by atoms with Crippen molar-refractivity contribution in [3.05, 3.63) is 52.0 Å². The molecule has 0 bridgehead atoms. The largest absolute Gasteiger partial charge is 0.497 e. The van der Waals surface area contributed by atoms with Gasteiger partial charge >= 0.3 is 0 Å². The molecular formula is C23H29Cl2N3O6S. The summed E-state index contributed by atoms with van der Waals surface area (Å²) in [5.41, 5.74) is 0.558. The summed E-state index contributed by atoms with van der Waals surface area (Å²) in [6, 6.07) is 8.61. The lowest BCUT2D eigenvalue weighted by molar-refractivity contribution is -0.140. The van der Waals surface area contributed by atoms with Gasteiger partial charge in [-0.3, -0.25) is 13.9 Å². The van der Waals surface area contributed by atoms with Gasteiger partial charge in [-0.05, 0) is 30.7 Å². The Morgan fingerprint density at radius 1 is 1.09 bits per heavy atom. The molecular weight excluding hydrogens is 517 g/mol. The summed E-state index contributed by atoms with van der Waals surface area (Å²) >= 11 is 12.7. The van der Waals surface area contributed by atoms with Crippen LogP contribution >= 0.6 is 23.2 Å². The fraction of sp³-hybridized carbons (Fsp3) is 0.391. The van der Waals surface area contributed by atoms with Crippen molar-refractivity contribution in [3.63, 3.8) is 0 Å². The number of benzene rings is 2. The summed E-state index contributed by atoms with van der Waals surface area (Å²) in [5, 5.41) is 3.18. The van der Waals surface area contributed by atoms with Crippen LogP contribution in [0.2, 0.25) is 10.0 Å². The molecule has 0 unspecified atom stereocenters. The normalized spacial score (nSPS) is 12.0. The van der Waals surface area contributed by atoms with Crippen molar-refractivity contribution in [1.29, 1.82) is 0 Å². The second-order valence-corrected chi connectivity index (χ2v) is 10.3. The summed E-state index contributed by atoms with van der Waals surface area (Å²) in [7, 11) is 0.328. The van der Waals surface area contributed by atoms with Crippen LogP contribution in [0.4, 0.5) is 5.69 Å². The fourth-order valence-electron chi connectivity index (χ4n) is 3.53. The molecule has 0 radical (unpaired) electrons. The summed E-state index contributed by atoms with van der Waals surface area (Å²) in [6.45, 7) is 1.04. The predicted molar refractivity (Wildman–Crippen MR) is 137 cm³/mol. The zero-order valence-electron chi connectivity index (χ0n) is 20.2. The van der Waals surface area contributed by atoms with Crippen molar-refractivity contribution in [3.8, 4) is 11.5 Å². The first kappa shape index (κ1) is 28.5. The molecule has 2 aromatic carbocycles. The van der Waals surface area contributed by atoms with E-state index in [1.165, 1.54) is 38.3 Å². The molecule has 9 nitrogen and oxygen atoms in total. The van der Waals surface area contributed by atoms with Crippen molar-refractivity contribution < 1.29 is 27.5 Å². The fourth-order valence-corrected chi connectivity index (χ4v) is 4.89. The van der Waals surface area contributed by atoms with Crippen LogP contribution in [0.15, 0.2) is 36.4 Å². The first-order valence-corrected chi connectivity index (χ1v) is 13.2. The maximum absolute atomic E-state index is 13.7. The van der Waals surface area contributed by atoms with Gasteiger partial charge in [-0.2, -0.15) is 0 Å². The highest BCUT2D eigenvalue weighted by Gasteiger charge is 2.33. The number of hydrogen-bond acceptors (Lipinski definition) is 6. The van der Waals surface area contributed by atoms with Gasteiger partial charge in [-0.25, -0.2) is 8.42 Å². The maximum Gasteiger partial charge on any atom is 0.244 e. The minimum Gasteiger partial charge on any atom is -0.497 e. The third-order valence-corrected chi connectivity index (χ3v) is 7.19. The average Bonchev–Trinajstić information content (AvgIpc) is 2.82. The Kier molecular flexibility index (Phi) is 10.1. The number of halogens is 2. The highest BCUT2D eigenvalue weighted by atomic mass is 35.5. The van der Waals surface area contributed by atoms with Crippen LogP contribution in [0.25, 0.3) is 0 Å². The molecule has 0 aliphatic rings. The molecule has 0 spiro atoms. The van der Waals surface area contributed by atoms with E-state index in [2.05, 4.69) is 5.32 Å². The van der Waals surface area contributed by atoms with Crippen LogP contribution in [0.3, 0.4) is 0 Å². The second-order valence-electron chi connectivity index (χ2n) is 7.57. The molecule has 0 heterocycles. The standard InChI is InChI=1S/C23H29Cl2N3O6S/c1-6-19(23(30)26-2)27(13-16-17(24)8-7-9-18(16)25)22(29)14-28(35(5,31)32)20-12-15(33-3)10-11-21(20)34-4/h7-12,19H,6,13-14H2,1-5H3,(H,26,30)/t19-/m1/s1. The molecule has 2 aromatic rings. The predicted octanol–water partition coefficient (Wildman–Crippen LogP) is 3.33. The average molecular weight is 546 g/mol. The lowest BCUT2D eigenvalue weighted by atomic mass is 10.1. The van der Waals surface area contributed by atoms with Crippen molar-refractivity contribution in [2.75, 3.05) is 38.4 Å². The number of rotatable bonds is 11. The van der Waals surface area contributed by atoms with Gasteiger partial charge in [-0.1, -0.05) is 36.2 Å². The number of amides is 2. The van der Waals surface area contributed by atoms with Gasteiger partial charge in [0.15, 0.2) is 0 Å². The van der Waals surface area contributed by atoms with Crippen LogP contribution in [-0.4, -0.2) is 65.2 Å². The lowest BCUT2D eigenvalue weighted by Gasteiger charge is -2.33. The van der Waals surface area contributed by atoms with E-state index in [4.69, 9.17) is 32.7 Å². The monoisotopic (exact) mass is 545 g/mol. The summed E-state index contributed by atoms with van der Waals surface area (Å²) in [4.78, 5) is 27.6. The number of nitrogens with zero attached hydrogens (tertiary/aromatic N) is 2. The Bertz CT molecular complexity index is 1160. The number of carbonyl (C=O) groups excluding carboxylic acids is 2. The van der Waals surface area contributed by atoms with E-state index in [-0.39, 0.29) is 24.4 Å². The van der Waals surface area contributed by atoms with Crippen molar-refractivity contribution >= 4 is 50.7 Å². The number of methoxy groups -OCH3 is 2. The molecule has 0 aliphatic heterocycles. The van der Waals surface area contributed by atoms with Crippen molar-refractivity contribution in [2.45, 2.75) is 25.9 Å². The Labute approximate surface area is 215 Å². The molecule has 0 fully saturated rings. The number of likely N-dealkylation sites (N-methyl/N-ethyl adjacent to an activating group) is 1. The van der Waals surface area contributed by atoms with E-state index >= 15 is 0 Å². The summed E-state index contributed by atoms with van der Waals surface area (Å²) < 4.78 is 37.0. The molecule has 1 N–H and O–H groups in total. The first-order valence-electron chi connectivity index (χ1n) is 10.6. The molecule has 0 saturated heterocycles. The van der Waals surface area contributed by atoms with Gasteiger partial charge in [0.2, 0.25) is 21.8 Å². The summed E-state index contributed by atoms with van der Waals surface area (Å²) in [5.74, 6) is -0.443. The minimum absolute atomic E-state index is 0.101. The molecule has 192 valence electrons. The molecule has 35 heavy (non-hydrogen) atoms. The number of ether oxygens (including phenoxy) is 2. The topological polar surface area (TPSA) is 105 Å². The van der Waals surface area contributed by atoms with Crippen molar-refractivity contribution in [1.82, 2.24) is 10.2 Å². The van der Waals surface area contributed by atoms with Crippen LogP contribution in [0.1, 0.15) is 18.9 Å². The van der Waals surface area contributed by atoms with Gasteiger partial charge in [0, 0.05) is 35.3 Å². The van der Waals surface area contributed by atoms with Crippen LogP contribution < -0.4 is 19.1 Å². The number of carbonyl (C=O) groups is 2. The van der Waals surface area contributed by atoms with Gasteiger partial charge in [0.25, 0.3) is 0 Å². The van der Waals surface area contributed by atoms with Crippen LogP contribution in [0, 0.1) is 0 Å². The Morgan fingerprint density at radius 3 is 2.20 bits per heavy atom. The third kappa shape index (κ3) is 6.93. The highest BCUT2D eigenvalue weighted by Crippen LogP contribution is 2.34. The van der Waals surface area contributed by atoms with E-state index in [9.17, 15) is 18.0 Å². The number of sulfonamides is 1. The zero-order chi connectivity index (χ0) is 26.3. The SMILES string of the molecule is CC[C@H](C(=O)NC)N(Cc1c(Cl)cccc1Cl)C(=O)CN(c1cc(OC)ccc1OC)S(C)(=O)=O. The number of anilines is 1. The molecule has 2 amide bonds. The van der Waals surface area contributed by atoms with Crippen molar-refractivity contribution in [2.24, 2.45) is 0 Å². The van der Waals surface area contributed by atoms with Crippen LogP contribution in [0.5, 0.6) is 11.5 Å². The molecule has 0 aliphatic carbocycles. The van der Waals surface area contributed by atoms with E-state index in [0.29, 0.717) is 21.4 Å². The van der Waals surface area contributed by atoms with Crippen LogP contribution in [-0.2, 0) is 26.2 Å². The third-order valence-electron chi connectivity index (χ3n) is 5.36. The van der Waals surface area contributed by atoms with E-state index < -0.39 is 34.4 Å². The first-order chi connectivity index (χ1) is 16.5. The van der Waals surface area contributed by atoms with E-state index in [1.54, 1.807) is 31.2 Å². The lowest BCUT2D eigenvalue weighted by Crippen LogP contribution is -2.51. The van der Waals surface area contributed by atoms with E-state index in [0.717, 1.165) is 10.6 Å². The number of hydrogen-bond donors (Lipinski definition) is 1. The molecule has 0 aromatic heterocycles. The Balaban J connectivity index is 2.58. The highest BCUT2D eigenvalue weighted by molar-refractivity contribution is 7.92.